The molecule has 3 aromatic carbocycles. The number of anilines is 1. The first kappa shape index (κ1) is 31.9. The molecule has 0 aliphatic heterocycles. The summed E-state index contributed by atoms with van der Waals surface area (Å²) < 4.78 is 42.6. The van der Waals surface area contributed by atoms with Gasteiger partial charge in [-0.1, -0.05) is 30.3 Å². The molecule has 0 aliphatic carbocycles. The molecule has 0 aliphatic rings. The number of sulfonamides is 1. The van der Waals surface area contributed by atoms with Gasteiger partial charge in [0.15, 0.2) is 0 Å². The molecule has 4 N–H and O–H groups in total. The second-order valence-electron chi connectivity index (χ2n) is 10.3. The lowest BCUT2D eigenvalue weighted by Crippen LogP contribution is -2.37. The Morgan fingerprint density at radius 2 is 1.67 bits per heavy atom. The number of aromatic amines is 1. The molecule has 0 saturated carbocycles. The number of fused-ring (bicyclic) bond motifs is 1. The van der Waals surface area contributed by atoms with Gasteiger partial charge in [0.25, 0.3) is 11.5 Å². The number of nitrogens with zero attached hydrogens (tertiary/aromatic N) is 3. The zero-order valence-electron chi connectivity index (χ0n) is 24.7. The van der Waals surface area contributed by atoms with Crippen molar-refractivity contribution < 1.29 is 22.4 Å². The van der Waals surface area contributed by atoms with Gasteiger partial charge in [-0.05, 0) is 59.7 Å². The summed E-state index contributed by atoms with van der Waals surface area (Å²) in [5.41, 5.74) is 1.93. The van der Waals surface area contributed by atoms with E-state index in [0.717, 1.165) is 5.56 Å². The lowest BCUT2D eigenvalue weighted by Gasteiger charge is -2.18. The quantitative estimate of drug-likeness (QED) is 0.161. The molecule has 5 aromatic rings. The molecule has 0 saturated heterocycles. The number of halogens is 1. The first-order chi connectivity index (χ1) is 22.1. The van der Waals surface area contributed by atoms with Crippen LogP contribution < -0.4 is 25.8 Å². The third-order valence-corrected chi connectivity index (χ3v) is 8.61. The second kappa shape index (κ2) is 14.1. The van der Waals surface area contributed by atoms with Crippen molar-refractivity contribution in [3.8, 4) is 0 Å². The van der Waals surface area contributed by atoms with E-state index in [1.165, 1.54) is 47.4 Å². The third kappa shape index (κ3) is 7.60. The molecule has 2 heterocycles. The zero-order chi connectivity index (χ0) is 32.7. The molecule has 3 amide bonds. The highest BCUT2D eigenvalue weighted by molar-refractivity contribution is 7.89. The van der Waals surface area contributed by atoms with E-state index in [1.807, 2.05) is 6.07 Å². The summed E-state index contributed by atoms with van der Waals surface area (Å²) in [6, 6.07) is 20.0. The number of pyridine rings is 1. The summed E-state index contributed by atoms with van der Waals surface area (Å²) in [4.78, 5) is 42.7. The van der Waals surface area contributed by atoms with Crippen molar-refractivity contribution in [1.82, 2.24) is 30.5 Å². The fourth-order valence-electron chi connectivity index (χ4n) is 4.66. The molecule has 46 heavy (non-hydrogen) atoms. The van der Waals surface area contributed by atoms with Crippen molar-refractivity contribution in [2.75, 3.05) is 25.0 Å². The van der Waals surface area contributed by atoms with Crippen molar-refractivity contribution in [3.63, 3.8) is 0 Å². The van der Waals surface area contributed by atoms with Gasteiger partial charge < -0.3 is 10.6 Å². The van der Waals surface area contributed by atoms with Crippen molar-refractivity contribution in [2.45, 2.75) is 17.9 Å². The van der Waals surface area contributed by atoms with Gasteiger partial charge >= 0.3 is 6.03 Å². The minimum absolute atomic E-state index is 0.0334. The Bertz CT molecular complexity index is 2040. The molecule has 0 spiro atoms. The minimum atomic E-state index is -3.94. The van der Waals surface area contributed by atoms with E-state index in [2.05, 4.69) is 30.5 Å². The van der Waals surface area contributed by atoms with Crippen LogP contribution in [0.5, 0.6) is 0 Å². The number of rotatable bonds is 11. The molecule has 0 unspecified atom stereocenters. The molecule has 5 rings (SSSR count). The smallest absolute Gasteiger partial charge is 0.321 e. The van der Waals surface area contributed by atoms with Crippen LogP contribution in [-0.2, 0) is 23.0 Å². The van der Waals surface area contributed by atoms with E-state index >= 15 is 0 Å². The van der Waals surface area contributed by atoms with Crippen LogP contribution >= 0.6 is 0 Å². The molecule has 0 radical (unpaired) electrons. The van der Waals surface area contributed by atoms with Gasteiger partial charge in [-0.3, -0.25) is 19.5 Å². The summed E-state index contributed by atoms with van der Waals surface area (Å²) in [5, 5.41) is 13.0. The van der Waals surface area contributed by atoms with E-state index in [4.69, 9.17) is 0 Å². The number of amides is 3. The highest BCUT2D eigenvalue weighted by Crippen LogP contribution is 2.19. The summed E-state index contributed by atoms with van der Waals surface area (Å²) in [5.74, 6) is -1.45. The SMILES string of the molecule is CN(C(=O)NCc1cccnc1)c1ccc(S(=O)(=O)NCCNC(=O)c2cc(Cc3n[nH]c(=O)c4ccccc34)ccc2F)cc1. The zero-order valence-corrected chi connectivity index (χ0v) is 25.5. The standard InChI is InChI=1S/C32H30FN7O5S/c1-40(32(43)36-20-22-5-4-14-34-19-22)23-9-11-24(12-10-23)46(44,45)37-16-15-35-30(41)27-17-21(8-13-28(27)33)18-29-25-6-2-3-7-26(25)31(42)39-38-29/h2-14,17,19,37H,15-16,18,20H2,1H3,(H,35,41)(H,36,43)(H,39,42). The predicted octanol–water partition coefficient (Wildman–Crippen LogP) is 3.10. The fraction of sp³-hybridized carbons (Fsp3) is 0.156. The Hall–Kier alpha value is -5.47. The van der Waals surface area contributed by atoms with Crippen LogP contribution in [0.3, 0.4) is 0 Å². The maximum Gasteiger partial charge on any atom is 0.321 e. The monoisotopic (exact) mass is 643 g/mol. The normalized spacial score (nSPS) is 11.3. The van der Waals surface area contributed by atoms with Crippen LogP contribution in [0, 0.1) is 5.82 Å². The topological polar surface area (TPSA) is 166 Å². The number of H-pyrrole nitrogens is 1. The highest BCUT2D eigenvalue weighted by atomic mass is 32.2. The molecule has 14 heteroatoms. The average molecular weight is 644 g/mol. The molecular formula is C32H30FN7O5S. The van der Waals surface area contributed by atoms with E-state index in [9.17, 15) is 27.2 Å². The van der Waals surface area contributed by atoms with Gasteiger partial charge in [0.2, 0.25) is 10.0 Å². The highest BCUT2D eigenvalue weighted by Gasteiger charge is 2.17. The molecule has 2 aromatic heterocycles. The first-order valence-electron chi connectivity index (χ1n) is 14.2. The van der Waals surface area contributed by atoms with Crippen LogP contribution in [0.25, 0.3) is 10.8 Å². The number of benzene rings is 3. The third-order valence-electron chi connectivity index (χ3n) is 7.13. The maximum atomic E-state index is 14.6. The number of carbonyl (C=O) groups excluding carboxylic acids is 2. The molecular weight excluding hydrogens is 613 g/mol. The summed E-state index contributed by atoms with van der Waals surface area (Å²) in [6.07, 6.45) is 3.52. The van der Waals surface area contributed by atoms with Gasteiger partial charge in [0.1, 0.15) is 5.82 Å². The minimum Gasteiger partial charge on any atom is -0.351 e. The Balaban J connectivity index is 1.14. The maximum absolute atomic E-state index is 14.6. The number of aromatic nitrogens is 3. The van der Waals surface area contributed by atoms with E-state index in [-0.39, 0.29) is 48.1 Å². The molecule has 0 atom stereocenters. The van der Waals surface area contributed by atoms with E-state index in [0.29, 0.717) is 27.7 Å². The van der Waals surface area contributed by atoms with Crippen LogP contribution in [-0.4, -0.2) is 55.7 Å². The second-order valence-corrected chi connectivity index (χ2v) is 12.0. The average Bonchev–Trinajstić information content (AvgIpc) is 3.08. The van der Waals surface area contributed by atoms with Gasteiger partial charge in [-0.25, -0.2) is 27.4 Å². The lowest BCUT2D eigenvalue weighted by molar-refractivity contribution is 0.0950. The Morgan fingerprint density at radius 3 is 2.41 bits per heavy atom. The number of carbonyl (C=O) groups is 2. The Morgan fingerprint density at radius 1 is 0.913 bits per heavy atom. The van der Waals surface area contributed by atoms with Crippen LogP contribution in [0.4, 0.5) is 14.9 Å². The molecule has 0 fully saturated rings. The predicted molar refractivity (Wildman–Crippen MR) is 170 cm³/mol. The summed E-state index contributed by atoms with van der Waals surface area (Å²) in [6.45, 7) is 0.0283. The van der Waals surface area contributed by atoms with Crippen LogP contribution in [0.2, 0.25) is 0 Å². The number of urea groups is 1. The van der Waals surface area contributed by atoms with Gasteiger partial charge in [-0.2, -0.15) is 5.10 Å². The molecule has 236 valence electrons. The number of hydrogen-bond donors (Lipinski definition) is 4. The lowest BCUT2D eigenvalue weighted by atomic mass is 10.0. The fourth-order valence-corrected chi connectivity index (χ4v) is 5.69. The molecule has 0 bridgehead atoms. The van der Waals surface area contributed by atoms with Crippen molar-refractivity contribution in [2.24, 2.45) is 0 Å². The van der Waals surface area contributed by atoms with E-state index in [1.54, 1.807) is 49.8 Å². The molecule has 12 nitrogen and oxygen atoms in total. The number of nitrogens with one attached hydrogen (secondary N) is 4. The number of hydrogen-bond acceptors (Lipinski definition) is 7. The van der Waals surface area contributed by atoms with E-state index < -0.39 is 21.7 Å². The Labute approximate surface area is 263 Å². The largest absolute Gasteiger partial charge is 0.351 e. The first-order valence-corrected chi connectivity index (χ1v) is 15.6. The van der Waals surface area contributed by atoms with Crippen LogP contribution in [0.15, 0.2) is 101 Å². The van der Waals surface area contributed by atoms with Crippen LogP contribution in [0.1, 0.15) is 27.2 Å². The summed E-state index contributed by atoms with van der Waals surface area (Å²) in [7, 11) is -2.38. The van der Waals surface area contributed by atoms with Crippen molar-refractivity contribution in [1.29, 1.82) is 0 Å². The van der Waals surface area contributed by atoms with Crippen molar-refractivity contribution in [3.05, 3.63) is 130 Å². The Kier molecular flexibility index (Phi) is 9.79. The van der Waals surface area contributed by atoms with Crippen molar-refractivity contribution >= 4 is 38.4 Å². The van der Waals surface area contributed by atoms with Gasteiger partial charge in [0.05, 0.1) is 21.5 Å². The summed E-state index contributed by atoms with van der Waals surface area (Å²) >= 11 is 0. The van der Waals surface area contributed by atoms with Gasteiger partial charge in [-0.15, -0.1) is 0 Å². The van der Waals surface area contributed by atoms with Gasteiger partial charge in [0, 0.05) is 56.6 Å².